The zero-order valence-corrected chi connectivity index (χ0v) is 11.0. The largest absolute Gasteiger partial charge is 0.310 e. The van der Waals surface area contributed by atoms with Gasteiger partial charge in [-0.25, -0.2) is 0 Å². The van der Waals surface area contributed by atoms with Crippen molar-refractivity contribution in [1.82, 2.24) is 15.5 Å². The fraction of sp³-hybridized carbons (Fsp3) is 0.692. The van der Waals surface area contributed by atoms with Gasteiger partial charge in [0.25, 0.3) is 0 Å². The number of aromatic nitrogens is 2. The molecule has 0 saturated carbocycles. The summed E-state index contributed by atoms with van der Waals surface area (Å²) < 4.78 is 0. The van der Waals surface area contributed by atoms with Crippen LogP contribution in [0.1, 0.15) is 50.2 Å². The van der Waals surface area contributed by atoms with Gasteiger partial charge in [-0.15, -0.1) is 0 Å². The summed E-state index contributed by atoms with van der Waals surface area (Å²) in [5, 5.41) is 11.9. The number of nitrogens with one attached hydrogen (secondary N) is 1. The second-order valence-corrected chi connectivity index (χ2v) is 4.70. The Balaban J connectivity index is 2.95. The van der Waals surface area contributed by atoms with Crippen LogP contribution in [0.3, 0.4) is 0 Å². The molecule has 3 heteroatoms. The second-order valence-electron chi connectivity index (χ2n) is 4.70. The van der Waals surface area contributed by atoms with E-state index in [1.165, 1.54) is 5.56 Å². The average Bonchev–Trinajstić information content (AvgIpc) is 2.23. The van der Waals surface area contributed by atoms with Gasteiger partial charge in [-0.2, -0.15) is 10.2 Å². The third kappa shape index (κ3) is 3.27. The van der Waals surface area contributed by atoms with Crippen molar-refractivity contribution >= 4 is 0 Å². The molecule has 0 amide bonds. The van der Waals surface area contributed by atoms with Crippen LogP contribution in [0.4, 0.5) is 0 Å². The van der Waals surface area contributed by atoms with Crippen LogP contribution in [0.5, 0.6) is 0 Å². The van der Waals surface area contributed by atoms with Crippen molar-refractivity contribution in [3.63, 3.8) is 0 Å². The van der Waals surface area contributed by atoms with Gasteiger partial charge in [-0.3, -0.25) is 0 Å². The number of rotatable bonds is 5. The van der Waals surface area contributed by atoms with Gasteiger partial charge in [-0.1, -0.05) is 20.8 Å². The molecule has 1 aromatic rings. The van der Waals surface area contributed by atoms with Crippen molar-refractivity contribution in [1.29, 1.82) is 0 Å². The Bertz CT molecular complexity index is 334. The van der Waals surface area contributed by atoms with Crippen LogP contribution in [0.2, 0.25) is 0 Å². The van der Waals surface area contributed by atoms with E-state index in [-0.39, 0.29) is 0 Å². The monoisotopic (exact) mass is 221 g/mol. The van der Waals surface area contributed by atoms with Gasteiger partial charge < -0.3 is 5.32 Å². The molecule has 16 heavy (non-hydrogen) atoms. The zero-order chi connectivity index (χ0) is 12.1. The minimum Gasteiger partial charge on any atom is -0.310 e. The highest BCUT2D eigenvalue weighted by Crippen LogP contribution is 2.23. The van der Waals surface area contributed by atoms with Crippen LogP contribution in [-0.2, 0) is 0 Å². The van der Waals surface area contributed by atoms with Crippen LogP contribution >= 0.6 is 0 Å². The number of nitrogens with zero attached hydrogens (tertiary/aromatic N) is 2. The molecule has 0 spiro atoms. The van der Waals surface area contributed by atoms with E-state index in [9.17, 15) is 0 Å². The molecule has 0 saturated heterocycles. The minimum absolute atomic E-state index is 0.383. The van der Waals surface area contributed by atoms with Crippen LogP contribution in [-0.4, -0.2) is 16.7 Å². The predicted octanol–water partition coefficient (Wildman–Crippen LogP) is 2.79. The van der Waals surface area contributed by atoms with E-state index in [0.29, 0.717) is 12.0 Å². The van der Waals surface area contributed by atoms with Crippen LogP contribution in [0, 0.1) is 19.8 Å². The summed E-state index contributed by atoms with van der Waals surface area (Å²) in [4.78, 5) is 0. The summed E-state index contributed by atoms with van der Waals surface area (Å²) in [5.74, 6) is 0.564. The topological polar surface area (TPSA) is 37.8 Å². The maximum absolute atomic E-state index is 4.20. The minimum atomic E-state index is 0.383. The summed E-state index contributed by atoms with van der Waals surface area (Å²) in [6.07, 6.45) is 1.15. The van der Waals surface area contributed by atoms with E-state index in [1.807, 2.05) is 13.8 Å². The zero-order valence-electron chi connectivity index (χ0n) is 11.0. The van der Waals surface area contributed by atoms with Crippen molar-refractivity contribution in [2.45, 2.75) is 47.1 Å². The number of hydrogen-bond acceptors (Lipinski definition) is 3. The molecule has 1 aromatic heterocycles. The number of aryl methyl sites for hydroxylation is 2. The van der Waals surface area contributed by atoms with Crippen molar-refractivity contribution in [3.05, 3.63) is 23.0 Å². The Labute approximate surface area is 98.7 Å². The molecule has 0 bridgehead atoms. The Kier molecular flexibility index (Phi) is 4.87. The molecule has 0 aliphatic rings. The fourth-order valence-electron chi connectivity index (χ4n) is 1.89. The maximum Gasteiger partial charge on any atom is 0.0648 e. The van der Waals surface area contributed by atoms with Gasteiger partial charge in [0.1, 0.15) is 0 Å². The van der Waals surface area contributed by atoms with E-state index in [2.05, 4.69) is 42.4 Å². The first-order chi connectivity index (χ1) is 7.56. The van der Waals surface area contributed by atoms with Crippen LogP contribution in [0.25, 0.3) is 0 Å². The lowest BCUT2D eigenvalue weighted by Crippen LogP contribution is -2.27. The van der Waals surface area contributed by atoms with Crippen molar-refractivity contribution in [3.8, 4) is 0 Å². The summed E-state index contributed by atoms with van der Waals surface area (Å²) in [7, 11) is 0. The summed E-state index contributed by atoms with van der Waals surface area (Å²) in [5.41, 5.74) is 3.31. The standard InChI is InChI=1S/C13H23N3/c1-6-7-14-13(9(2)3)12-8-10(4)15-16-11(12)5/h8-9,13-14H,6-7H2,1-5H3. The summed E-state index contributed by atoms with van der Waals surface area (Å²) in [6, 6.07) is 2.53. The SMILES string of the molecule is CCCNC(c1cc(C)nnc1C)C(C)C. The molecule has 0 radical (unpaired) electrons. The van der Waals surface area contributed by atoms with Gasteiger partial charge in [-0.05, 0) is 44.4 Å². The molecule has 0 fully saturated rings. The first-order valence-electron chi connectivity index (χ1n) is 6.10. The molecular formula is C13H23N3. The van der Waals surface area contributed by atoms with Gasteiger partial charge in [0.05, 0.1) is 11.4 Å². The van der Waals surface area contributed by atoms with Gasteiger partial charge in [0.2, 0.25) is 0 Å². The molecule has 1 atom stereocenters. The lowest BCUT2D eigenvalue weighted by atomic mass is 9.95. The molecule has 1 N–H and O–H groups in total. The highest BCUT2D eigenvalue weighted by atomic mass is 15.1. The molecule has 1 rings (SSSR count). The van der Waals surface area contributed by atoms with Crippen LogP contribution in [0.15, 0.2) is 6.07 Å². The Morgan fingerprint density at radius 2 is 1.94 bits per heavy atom. The highest BCUT2D eigenvalue weighted by Gasteiger charge is 2.17. The molecule has 1 unspecified atom stereocenters. The fourth-order valence-corrected chi connectivity index (χ4v) is 1.89. The molecule has 90 valence electrons. The second kappa shape index (κ2) is 5.94. The molecule has 1 heterocycles. The highest BCUT2D eigenvalue weighted by molar-refractivity contribution is 5.24. The number of hydrogen-bond donors (Lipinski definition) is 1. The Morgan fingerprint density at radius 3 is 2.50 bits per heavy atom. The van der Waals surface area contributed by atoms with E-state index < -0.39 is 0 Å². The molecule has 0 aliphatic heterocycles. The molecule has 0 aromatic carbocycles. The molecule has 0 aliphatic carbocycles. The average molecular weight is 221 g/mol. The van der Waals surface area contributed by atoms with Gasteiger partial charge in [0, 0.05) is 6.04 Å². The Hall–Kier alpha value is -0.960. The van der Waals surface area contributed by atoms with E-state index in [0.717, 1.165) is 24.4 Å². The van der Waals surface area contributed by atoms with Gasteiger partial charge in [0.15, 0.2) is 0 Å². The smallest absolute Gasteiger partial charge is 0.0648 e. The lowest BCUT2D eigenvalue weighted by Gasteiger charge is -2.24. The molecule has 3 nitrogen and oxygen atoms in total. The third-order valence-corrected chi connectivity index (χ3v) is 2.76. The van der Waals surface area contributed by atoms with E-state index >= 15 is 0 Å². The summed E-state index contributed by atoms with van der Waals surface area (Å²) >= 11 is 0. The van der Waals surface area contributed by atoms with Crippen molar-refractivity contribution < 1.29 is 0 Å². The van der Waals surface area contributed by atoms with Crippen molar-refractivity contribution in [2.24, 2.45) is 5.92 Å². The molecular weight excluding hydrogens is 198 g/mol. The van der Waals surface area contributed by atoms with E-state index in [4.69, 9.17) is 0 Å². The van der Waals surface area contributed by atoms with E-state index in [1.54, 1.807) is 0 Å². The normalized spacial score (nSPS) is 13.1. The lowest BCUT2D eigenvalue weighted by molar-refractivity contribution is 0.409. The first-order valence-corrected chi connectivity index (χ1v) is 6.10. The maximum atomic E-state index is 4.20. The Morgan fingerprint density at radius 1 is 1.25 bits per heavy atom. The predicted molar refractivity (Wildman–Crippen MR) is 67.4 cm³/mol. The summed E-state index contributed by atoms with van der Waals surface area (Å²) in [6.45, 7) is 11.7. The first kappa shape index (κ1) is 13.1. The van der Waals surface area contributed by atoms with Crippen LogP contribution < -0.4 is 5.32 Å². The van der Waals surface area contributed by atoms with Gasteiger partial charge >= 0.3 is 0 Å². The quantitative estimate of drug-likeness (QED) is 0.831. The van der Waals surface area contributed by atoms with Crippen molar-refractivity contribution in [2.75, 3.05) is 6.54 Å². The third-order valence-electron chi connectivity index (χ3n) is 2.76.